The number of rotatable bonds is 8. The number of pyridine rings is 1. The van der Waals surface area contributed by atoms with E-state index in [9.17, 15) is 14.4 Å². The van der Waals surface area contributed by atoms with E-state index >= 15 is 0 Å². The molecular weight excluding hydrogens is 561 g/mol. The van der Waals surface area contributed by atoms with Crippen LogP contribution >= 0.6 is 23.2 Å². The molecule has 1 aromatic heterocycles. The number of hydrogen-bond donors (Lipinski definition) is 1. The Morgan fingerprint density at radius 1 is 1.02 bits per heavy atom. The van der Waals surface area contributed by atoms with Crippen LogP contribution in [0.15, 0.2) is 41.7 Å². The summed E-state index contributed by atoms with van der Waals surface area (Å²) in [5.41, 5.74) is 2.06. The van der Waals surface area contributed by atoms with Gasteiger partial charge in [0.05, 0.1) is 33.5 Å². The zero-order chi connectivity index (χ0) is 29.0. The van der Waals surface area contributed by atoms with Crippen molar-refractivity contribution in [3.8, 4) is 0 Å². The fourth-order valence-electron chi connectivity index (χ4n) is 6.89. The average molecular weight is 599 g/mol. The maximum Gasteiger partial charge on any atom is 0.331 e. The third-order valence-electron chi connectivity index (χ3n) is 8.94. The number of ether oxygens (including phenoxy) is 1. The molecule has 1 N–H and O–H groups in total. The van der Waals surface area contributed by atoms with Crippen molar-refractivity contribution in [3.63, 3.8) is 0 Å². The van der Waals surface area contributed by atoms with E-state index in [0.717, 1.165) is 69.1 Å². The average Bonchev–Trinajstić information content (AvgIpc) is 2.98. The van der Waals surface area contributed by atoms with Crippen LogP contribution in [-0.2, 0) is 20.7 Å². The first-order valence-corrected chi connectivity index (χ1v) is 15.6. The number of amides is 1. The lowest BCUT2D eigenvalue weighted by Gasteiger charge is -2.53. The smallest absolute Gasteiger partial charge is 0.331 e. The monoisotopic (exact) mass is 597 g/mol. The molecule has 5 rings (SSSR count). The molecule has 3 saturated carbocycles. The number of benzene rings is 1. The normalized spacial score (nSPS) is 22.3. The molecule has 41 heavy (non-hydrogen) atoms. The van der Waals surface area contributed by atoms with E-state index in [-0.39, 0.29) is 34.1 Å². The molecule has 0 bridgehead atoms. The standard InChI is InChI=1S/C32H37Cl2N3O4/c1-2-41-31(40)25(17-20-11-13-22(14-12-20)36-30(39)27-23(33)18-35-19-24(27)34)37-28-26(21-9-5-3-6-10-21)29(38)32(28)15-7-4-8-16-32/h11-14,18-19,21,25-26H,2-10,15-17H2,1H3,(H,36,39)/t25-,26?/m0/s1. The van der Waals surface area contributed by atoms with Crippen LogP contribution in [0.2, 0.25) is 10.0 Å². The van der Waals surface area contributed by atoms with E-state index in [1.54, 1.807) is 19.1 Å². The van der Waals surface area contributed by atoms with Gasteiger partial charge in [-0.05, 0) is 56.2 Å². The molecule has 3 fully saturated rings. The Morgan fingerprint density at radius 2 is 1.66 bits per heavy atom. The van der Waals surface area contributed by atoms with Gasteiger partial charge in [-0.25, -0.2) is 4.79 Å². The zero-order valence-corrected chi connectivity index (χ0v) is 25.0. The second-order valence-electron chi connectivity index (χ2n) is 11.5. The molecule has 3 aliphatic carbocycles. The van der Waals surface area contributed by atoms with Crippen LogP contribution in [0.4, 0.5) is 5.69 Å². The number of nitrogens with zero attached hydrogens (tertiary/aromatic N) is 2. The van der Waals surface area contributed by atoms with Crippen molar-refractivity contribution in [1.82, 2.24) is 4.98 Å². The molecule has 1 aromatic carbocycles. The van der Waals surface area contributed by atoms with Gasteiger partial charge < -0.3 is 10.1 Å². The predicted molar refractivity (Wildman–Crippen MR) is 161 cm³/mol. The van der Waals surface area contributed by atoms with Crippen LogP contribution in [0, 0.1) is 17.3 Å². The molecule has 1 unspecified atom stereocenters. The summed E-state index contributed by atoms with van der Waals surface area (Å²) in [5.74, 6) is -0.274. The van der Waals surface area contributed by atoms with Crippen molar-refractivity contribution in [2.75, 3.05) is 11.9 Å². The molecule has 2 atom stereocenters. The zero-order valence-electron chi connectivity index (χ0n) is 23.5. The Morgan fingerprint density at radius 3 is 2.29 bits per heavy atom. The van der Waals surface area contributed by atoms with Crippen LogP contribution in [0.25, 0.3) is 0 Å². The largest absolute Gasteiger partial charge is 0.464 e. The van der Waals surface area contributed by atoms with Crippen LogP contribution in [-0.4, -0.2) is 41.0 Å². The van der Waals surface area contributed by atoms with Crippen LogP contribution in [0.5, 0.6) is 0 Å². The van der Waals surface area contributed by atoms with Gasteiger partial charge in [0.2, 0.25) is 0 Å². The lowest BCUT2D eigenvalue weighted by Crippen LogP contribution is -2.62. The Kier molecular flexibility index (Phi) is 9.45. The summed E-state index contributed by atoms with van der Waals surface area (Å²) in [6.45, 7) is 2.06. The van der Waals surface area contributed by atoms with Crippen molar-refractivity contribution in [2.45, 2.75) is 83.6 Å². The first-order valence-electron chi connectivity index (χ1n) is 14.8. The minimum Gasteiger partial charge on any atom is -0.464 e. The van der Waals surface area contributed by atoms with Crippen LogP contribution < -0.4 is 5.32 Å². The quantitative estimate of drug-likeness (QED) is 0.322. The number of aliphatic imine (C=N–C) groups is 1. The van der Waals surface area contributed by atoms with E-state index in [2.05, 4.69) is 10.3 Å². The number of nitrogens with one attached hydrogen (secondary N) is 1. The molecule has 1 heterocycles. The van der Waals surface area contributed by atoms with E-state index in [1.165, 1.54) is 18.8 Å². The highest BCUT2D eigenvalue weighted by Gasteiger charge is 2.61. The number of carbonyl (C=O) groups excluding carboxylic acids is 3. The Labute approximate surface area is 251 Å². The molecule has 1 amide bonds. The van der Waals surface area contributed by atoms with E-state index < -0.39 is 17.4 Å². The van der Waals surface area contributed by atoms with Gasteiger partial charge in [-0.3, -0.25) is 19.6 Å². The number of aromatic nitrogens is 1. The number of carbonyl (C=O) groups is 3. The number of hydrogen-bond acceptors (Lipinski definition) is 6. The molecule has 1 spiro atoms. The minimum absolute atomic E-state index is 0.157. The van der Waals surface area contributed by atoms with Gasteiger partial charge in [0, 0.05) is 30.2 Å². The van der Waals surface area contributed by atoms with E-state index in [4.69, 9.17) is 32.9 Å². The predicted octanol–water partition coefficient (Wildman–Crippen LogP) is 7.29. The fraction of sp³-hybridized carbons (Fsp3) is 0.531. The molecule has 0 saturated heterocycles. The van der Waals surface area contributed by atoms with Gasteiger partial charge in [-0.15, -0.1) is 0 Å². The highest BCUT2D eigenvalue weighted by Crippen LogP contribution is 2.54. The fourth-order valence-corrected chi connectivity index (χ4v) is 7.43. The summed E-state index contributed by atoms with van der Waals surface area (Å²) in [5, 5.41) is 3.14. The van der Waals surface area contributed by atoms with Gasteiger partial charge in [0.15, 0.2) is 11.8 Å². The second kappa shape index (κ2) is 13.0. The minimum atomic E-state index is -0.724. The van der Waals surface area contributed by atoms with Crippen molar-refractivity contribution < 1.29 is 19.1 Å². The summed E-state index contributed by atoms with van der Waals surface area (Å²) in [7, 11) is 0. The lowest BCUT2D eigenvalue weighted by molar-refractivity contribution is -0.145. The molecule has 9 heteroatoms. The molecule has 218 valence electrons. The number of halogens is 2. The van der Waals surface area contributed by atoms with E-state index in [0.29, 0.717) is 23.8 Å². The van der Waals surface area contributed by atoms with E-state index in [1.807, 2.05) is 12.1 Å². The molecule has 0 aliphatic heterocycles. The Hall–Kier alpha value is -2.77. The van der Waals surface area contributed by atoms with Crippen LogP contribution in [0.3, 0.4) is 0 Å². The first kappa shape index (κ1) is 29.7. The summed E-state index contributed by atoms with van der Waals surface area (Å²) in [6.07, 6.45) is 13.6. The SMILES string of the molecule is CCOC(=O)[C@H](Cc1ccc(NC(=O)c2c(Cl)cncc2Cl)cc1)N=C1C(C2CCCCC2)C(=O)C12CCCCC2. The van der Waals surface area contributed by atoms with Gasteiger partial charge in [0.25, 0.3) is 5.91 Å². The number of ketones is 1. The third kappa shape index (κ3) is 6.21. The van der Waals surface area contributed by atoms with Crippen molar-refractivity contribution in [1.29, 1.82) is 0 Å². The van der Waals surface area contributed by atoms with Crippen molar-refractivity contribution >= 4 is 52.3 Å². The van der Waals surface area contributed by atoms with Gasteiger partial charge in [-0.2, -0.15) is 0 Å². The van der Waals surface area contributed by atoms with Gasteiger partial charge >= 0.3 is 5.97 Å². The van der Waals surface area contributed by atoms with Gasteiger partial charge in [-0.1, -0.05) is 73.9 Å². The maximum absolute atomic E-state index is 13.7. The molecule has 7 nitrogen and oxygen atoms in total. The highest BCUT2D eigenvalue weighted by molar-refractivity contribution is 6.40. The molecule has 3 aliphatic rings. The number of Topliss-reactive ketones (excluding diaryl/α,β-unsaturated/α-hetero) is 1. The second-order valence-corrected chi connectivity index (χ2v) is 12.3. The van der Waals surface area contributed by atoms with Crippen LogP contribution in [0.1, 0.15) is 87.1 Å². The third-order valence-corrected chi connectivity index (χ3v) is 9.52. The van der Waals surface area contributed by atoms with Crippen molar-refractivity contribution in [3.05, 3.63) is 57.8 Å². The molecular formula is C32H37Cl2N3O4. The highest BCUT2D eigenvalue weighted by atomic mass is 35.5. The summed E-state index contributed by atoms with van der Waals surface area (Å²) < 4.78 is 5.46. The number of esters is 1. The summed E-state index contributed by atoms with van der Waals surface area (Å²) in [4.78, 5) is 48.7. The Bertz CT molecular complexity index is 1290. The van der Waals surface area contributed by atoms with Crippen molar-refractivity contribution in [2.24, 2.45) is 22.2 Å². The molecule has 0 radical (unpaired) electrons. The summed E-state index contributed by atoms with van der Waals surface area (Å²) >= 11 is 12.2. The Balaban J connectivity index is 1.38. The first-order chi connectivity index (χ1) is 19.8. The maximum atomic E-state index is 13.7. The lowest BCUT2D eigenvalue weighted by atomic mass is 9.49. The number of anilines is 1. The molecule has 2 aromatic rings. The topological polar surface area (TPSA) is 97.7 Å². The van der Waals surface area contributed by atoms with Gasteiger partial charge in [0.1, 0.15) is 0 Å². The summed E-state index contributed by atoms with van der Waals surface area (Å²) in [6, 6.07) is 6.53.